The number of amides is 3. The number of hydrogen-bond acceptors (Lipinski definition) is 3. The van der Waals surface area contributed by atoms with Crippen LogP contribution in [0.5, 0.6) is 5.75 Å². The number of halogens is 1. The van der Waals surface area contributed by atoms with E-state index in [9.17, 15) is 14.0 Å². The summed E-state index contributed by atoms with van der Waals surface area (Å²) in [6.07, 6.45) is 0.779. The van der Waals surface area contributed by atoms with E-state index >= 15 is 0 Å². The second kappa shape index (κ2) is 9.51. The monoisotopic (exact) mass is 433 g/mol. The number of carbonyl (C=O) groups is 2. The highest BCUT2D eigenvalue weighted by molar-refractivity contribution is 6.05. The Morgan fingerprint density at radius 3 is 2.66 bits per heavy atom. The minimum Gasteiger partial charge on any atom is -0.497 e. The number of nitrogens with zero attached hydrogens (tertiary/aromatic N) is 2. The van der Waals surface area contributed by atoms with Crippen molar-refractivity contribution >= 4 is 23.3 Å². The fourth-order valence-corrected chi connectivity index (χ4v) is 3.74. The predicted octanol–water partition coefficient (Wildman–Crippen LogP) is 4.92. The summed E-state index contributed by atoms with van der Waals surface area (Å²) in [6, 6.07) is 20.2. The lowest BCUT2D eigenvalue weighted by atomic mass is 10.1. The van der Waals surface area contributed by atoms with Crippen LogP contribution in [0.3, 0.4) is 0 Å². The van der Waals surface area contributed by atoms with Gasteiger partial charge in [-0.25, -0.2) is 9.18 Å². The SMILES string of the molecule is COc1cccc(NC(=O)c2cccc(N3CCCN(Cc4cccc(F)c4)C3=O)c2)c1. The molecule has 32 heavy (non-hydrogen) atoms. The van der Waals surface area contributed by atoms with Crippen LogP contribution < -0.4 is 15.0 Å². The molecule has 6 nitrogen and oxygen atoms in total. The number of ether oxygens (including phenoxy) is 1. The summed E-state index contributed by atoms with van der Waals surface area (Å²) in [5.74, 6) is 0.0496. The lowest BCUT2D eigenvalue weighted by Gasteiger charge is -2.35. The lowest BCUT2D eigenvalue weighted by Crippen LogP contribution is -2.49. The number of benzene rings is 3. The maximum Gasteiger partial charge on any atom is 0.324 e. The van der Waals surface area contributed by atoms with Crippen LogP contribution in [-0.2, 0) is 6.54 Å². The molecular formula is C25H24FN3O3. The lowest BCUT2D eigenvalue weighted by molar-refractivity contribution is 0.102. The van der Waals surface area contributed by atoms with Crippen molar-refractivity contribution in [1.82, 2.24) is 4.90 Å². The van der Waals surface area contributed by atoms with E-state index in [1.165, 1.54) is 12.1 Å². The van der Waals surface area contributed by atoms with Gasteiger partial charge in [0, 0.05) is 42.6 Å². The zero-order valence-electron chi connectivity index (χ0n) is 17.8. The largest absolute Gasteiger partial charge is 0.497 e. The fourth-order valence-electron chi connectivity index (χ4n) is 3.74. The van der Waals surface area contributed by atoms with Crippen molar-refractivity contribution in [2.75, 3.05) is 30.4 Å². The molecule has 0 spiro atoms. The quantitative estimate of drug-likeness (QED) is 0.600. The van der Waals surface area contributed by atoms with Gasteiger partial charge in [0.25, 0.3) is 5.91 Å². The summed E-state index contributed by atoms with van der Waals surface area (Å²) in [7, 11) is 1.57. The van der Waals surface area contributed by atoms with Crippen LogP contribution in [0.15, 0.2) is 72.8 Å². The molecule has 3 aromatic rings. The summed E-state index contributed by atoms with van der Waals surface area (Å²) in [4.78, 5) is 29.2. The van der Waals surface area contributed by atoms with E-state index in [2.05, 4.69) is 5.32 Å². The topological polar surface area (TPSA) is 61.9 Å². The standard InChI is InChI=1S/C25H24FN3O3/c1-32-23-11-4-9-21(16-23)27-24(30)19-7-3-10-22(15-19)29-13-5-12-28(25(29)31)17-18-6-2-8-20(26)14-18/h2-4,6-11,14-16H,5,12-13,17H2,1H3,(H,27,30). The van der Waals surface area contributed by atoms with Crippen molar-refractivity contribution in [2.45, 2.75) is 13.0 Å². The minimum atomic E-state index is -0.321. The summed E-state index contributed by atoms with van der Waals surface area (Å²) in [5.41, 5.74) is 2.46. The molecule has 0 saturated carbocycles. The Bertz CT molecular complexity index is 1130. The molecule has 164 valence electrons. The Morgan fingerprint density at radius 2 is 1.84 bits per heavy atom. The smallest absolute Gasteiger partial charge is 0.324 e. The third kappa shape index (κ3) is 4.88. The molecule has 0 aliphatic carbocycles. The highest BCUT2D eigenvalue weighted by atomic mass is 19.1. The second-order valence-corrected chi connectivity index (χ2v) is 7.58. The Labute approximate surface area is 186 Å². The number of rotatable bonds is 6. The number of nitrogens with one attached hydrogen (secondary N) is 1. The number of urea groups is 1. The number of hydrogen-bond donors (Lipinski definition) is 1. The van der Waals surface area contributed by atoms with Crippen molar-refractivity contribution < 1.29 is 18.7 Å². The fraction of sp³-hybridized carbons (Fsp3) is 0.200. The van der Waals surface area contributed by atoms with E-state index in [-0.39, 0.29) is 17.8 Å². The van der Waals surface area contributed by atoms with Gasteiger partial charge in [-0.05, 0) is 54.4 Å². The number of methoxy groups -OCH3 is 1. The second-order valence-electron chi connectivity index (χ2n) is 7.58. The van der Waals surface area contributed by atoms with Gasteiger partial charge in [-0.1, -0.05) is 24.3 Å². The van der Waals surface area contributed by atoms with Gasteiger partial charge in [-0.2, -0.15) is 0 Å². The van der Waals surface area contributed by atoms with Gasteiger partial charge < -0.3 is 15.0 Å². The van der Waals surface area contributed by atoms with Gasteiger partial charge in [0.05, 0.1) is 7.11 Å². The van der Waals surface area contributed by atoms with Gasteiger partial charge in [0.1, 0.15) is 11.6 Å². The summed E-state index contributed by atoms with van der Waals surface area (Å²) in [6.45, 7) is 1.49. The van der Waals surface area contributed by atoms with E-state index in [1.807, 2.05) is 6.07 Å². The third-order valence-corrected chi connectivity index (χ3v) is 5.32. The Balaban J connectivity index is 1.49. The molecule has 4 rings (SSSR count). The first-order valence-electron chi connectivity index (χ1n) is 10.4. The van der Waals surface area contributed by atoms with E-state index < -0.39 is 0 Å². The van der Waals surface area contributed by atoms with Crippen molar-refractivity contribution in [3.63, 3.8) is 0 Å². The van der Waals surface area contributed by atoms with Crippen molar-refractivity contribution in [2.24, 2.45) is 0 Å². The van der Waals surface area contributed by atoms with Crippen molar-refractivity contribution in [3.8, 4) is 5.75 Å². The summed E-state index contributed by atoms with van der Waals surface area (Å²) < 4.78 is 18.7. The zero-order valence-corrected chi connectivity index (χ0v) is 17.8. The van der Waals surface area contributed by atoms with Crippen molar-refractivity contribution in [1.29, 1.82) is 0 Å². The number of anilines is 2. The van der Waals surface area contributed by atoms with Crippen LogP contribution in [0.1, 0.15) is 22.3 Å². The zero-order chi connectivity index (χ0) is 22.5. The first-order valence-corrected chi connectivity index (χ1v) is 10.4. The molecule has 1 aliphatic heterocycles. The molecule has 0 unspecified atom stereocenters. The third-order valence-electron chi connectivity index (χ3n) is 5.32. The predicted molar refractivity (Wildman–Crippen MR) is 122 cm³/mol. The van der Waals surface area contributed by atoms with Crippen LogP contribution in [0, 0.1) is 5.82 Å². The van der Waals surface area contributed by atoms with E-state index in [1.54, 1.807) is 71.5 Å². The Hall–Kier alpha value is -3.87. The van der Waals surface area contributed by atoms with Crippen LogP contribution in [0.25, 0.3) is 0 Å². The molecule has 1 N–H and O–H groups in total. The molecule has 1 aliphatic rings. The maximum atomic E-state index is 13.5. The van der Waals surface area contributed by atoms with Crippen LogP contribution in [0.2, 0.25) is 0 Å². The molecule has 1 heterocycles. The van der Waals surface area contributed by atoms with Gasteiger partial charge in [-0.15, -0.1) is 0 Å². The average Bonchev–Trinajstić information content (AvgIpc) is 2.81. The summed E-state index contributed by atoms with van der Waals surface area (Å²) >= 11 is 0. The molecule has 1 fully saturated rings. The molecule has 1 saturated heterocycles. The van der Waals surface area contributed by atoms with E-state index in [0.717, 1.165) is 12.0 Å². The van der Waals surface area contributed by atoms with E-state index in [4.69, 9.17) is 4.74 Å². The highest BCUT2D eigenvalue weighted by Crippen LogP contribution is 2.24. The maximum absolute atomic E-state index is 13.5. The first kappa shape index (κ1) is 21.4. The molecule has 0 aromatic heterocycles. The van der Waals surface area contributed by atoms with E-state index in [0.29, 0.717) is 42.3 Å². The van der Waals surface area contributed by atoms with Crippen LogP contribution in [-0.4, -0.2) is 37.0 Å². The first-order chi connectivity index (χ1) is 15.5. The van der Waals surface area contributed by atoms with Gasteiger partial charge >= 0.3 is 6.03 Å². The molecular weight excluding hydrogens is 409 g/mol. The molecule has 0 atom stereocenters. The Morgan fingerprint density at radius 1 is 1.03 bits per heavy atom. The van der Waals surface area contributed by atoms with Gasteiger partial charge in [0.2, 0.25) is 0 Å². The normalized spacial score (nSPS) is 13.8. The minimum absolute atomic E-state index is 0.161. The Kier molecular flexibility index (Phi) is 6.35. The molecule has 3 amide bonds. The number of carbonyl (C=O) groups excluding carboxylic acids is 2. The molecule has 0 radical (unpaired) electrons. The molecule has 3 aromatic carbocycles. The summed E-state index contributed by atoms with van der Waals surface area (Å²) in [5, 5.41) is 2.85. The van der Waals surface area contributed by atoms with Gasteiger partial charge in [0.15, 0.2) is 0 Å². The molecule has 7 heteroatoms. The van der Waals surface area contributed by atoms with Gasteiger partial charge in [-0.3, -0.25) is 9.69 Å². The van der Waals surface area contributed by atoms with Crippen LogP contribution in [0.4, 0.5) is 20.6 Å². The highest BCUT2D eigenvalue weighted by Gasteiger charge is 2.27. The van der Waals surface area contributed by atoms with Crippen LogP contribution >= 0.6 is 0 Å². The molecule has 0 bridgehead atoms. The van der Waals surface area contributed by atoms with Crippen molar-refractivity contribution in [3.05, 3.63) is 89.7 Å². The average molecular weight is 433 g/mol.